The smallest absolute Gasteiger partial charge is 0.274 e. The van der Waals surface area contributed by atoms with Crippen LogP contribution in [0.4, 0.5) is 5.82 Å². The van der Waals surface area contributed by atoms with Crippen molar-refractivity contribution < 1.29 is 4.79 Å². The molecule has 0 aliphatic rings. The van der Waals surface area contributed by atoms with E-state index in [0.29, 0.717) is 43.9 Å². The average molecular weight is 508 g/mol. The molecule has 0 aliphatic carbocycles. The number of aryl methyl sites for hydroxylation is 1. The number of anilines is 1. The van der Waals surface area contributed by atoms with Gasteiger partial charge in [0.2, 0.25) is 0 Å². The molecule has 0 fully saturated rings. The average Bonchev–Trinajstić information content (AvgIpc) is 3.48. The number of fused-ring (bicyclic) bond motifs is 1. The van der Waals surface area contributed by atoms with Gasteiger partial charge in [-0.25, -0.2) is 9.97 Å². The zero-order chi connectivity index (χ0) is 24.7. The molecular formula is C23H19Cl2N9O. The van der Waals surface area contributed by atoms with Crippen LogP contribution in [-0.4, -0.2) is 40.8 Å². The van der Waals surface area contributed by atoms with Crippen LogP contribution in [0.25, 0.3) is 33.5 Å². The number of hydrogen-bond acceptors (Lipinski definition) is 7. The van der Waals surface area contributed by atoms with Crippen molar-refractivity contribution >= 4 is 45.8 Å². The molecule has 1 atom stereocenters. The third kappa shape index (κ3) is 4.41. The fourth-order valence-electron chi connectivity index (χ4n) is 3.67. The Morgan fingerprint density at radius 3 is 2.69 bits per heavy atom. The number of hydrogen-bond donors (Lipinski definition) is 3. The van der Waals surface area contributed by atoms with Crippen molar-refractivity contribution in [3.63, 3.8) is 0 Å². The predicted molar refractivity (Wildman–Crippen MR) is 134 cm³/mol. The first-order valence-corrected chi connectivity index (χ1v) is 11.3. The van der Waals surface area contributed by atoms with Crippen LogP contribution in [0.2, 0.25) is 10.0 Å². The molecule has 0 aliphatic heterocycles. The van der Waals surface area contributed by atoms with Gasteiger partial charge in [0.15, 0.2) is 11.5 Å². The summed E-state index contributed by atoms with van der Waals surface area (Å²) in [5.41, 5.74) is 9.53. The van der Waals surface area contributed by atoms with Gasteiger partial charge in [-0.2, -0.15) is 10.2 Å². The maximum Gasteiger partial charge on any atom is 0.274 e. The largest absolute Gasteiger partial charge is 0.382 e. The second-order valence-electron chi connectivity index (χ2n) is 7.92. The Kier molecular flexibility index (Phi) is 5.83. The zero-order valence-corrected chi connectivity index (χ0v) is 20.1. The molecule has 35 heavy (non-hydrogen) atoms. The van der Waals surface area contributed by atoms with Gasteiger partial charge >= 0.3 is 0 Å². The Balaban J connectivity index is 1.60. The molecule has 0 saturated carbocycles. The van der Waals surface area contributed by atoms with Crippen molar-refractivity contribution in [3.05, 3.63) is 70.4 Å². The fraction of sp³-hybridized carbons (Fsp3) is 0.130. The van der Waals surface area contributed by atoms with Crippen molar-refractivity contribution in [2.45, 2.75) is 13.0 Å². The molecule has 1 aromatic carbocycles. The number of H-pyrrole nitrogens is 1. The highest BCUT2D eigenvalue weighted by atomic mass is 35.5. The van der Waals surface area contributed by atoms with E-state index in [-0.39, 0.29) is 11.5 Å². The van der Waals surface area contributed by atoms with Crippen LogP contribution < -0.4 is 11.1 Å². The first-order valence-electron chi connectivity index (χ1n) is 10.5. The van der Waals surface area contributed by atoms with E-state index in [9.17, 15) is 4.79 Å². The second-order valence-corrected chi connectivity index (χ2v) is 8.76. The lowest BCUT2D eigenvalue weighted by atomic mass is 10.1. The summed E-state index contributed by atoms with van der Waals surface area (Å²) in [6, 6.07) is 8.40. The minimum Gasteiger partial charge on any atom is -0.382 e. The molecule has 5 rings (SSSR count). The van der Waals surface area contributed by atoms with Gasteiger partial charge in [0.1, 0.15) is 11.4 Å². The molecule has 0 unspecified atom stereocenters. The normalized spacial score (nSPS) is 12.1. The summed E-state index contributed by atoms with van der Waals surface area (Å²) >= 11 is 12.4. The number of amides is 1. The highest BCUT2D eigenvalue weighted by Crippen LogP contribution is 2.34. The van der Waals surface area contributed by atoms with Crippen LogP contribution in [-0.2, 0) is 7.05 Å². The van der Waals surface area contributed by atoms with Crippen molar-refractivity contribution in [3.8, 4) is 22.6 Å². The number of pyridine rings is 1. The Hall–Kier alpha value is -4.02. The topological polar surface area (TPSA) is 140 Å². The third-order valence-electron chi connectivity index (χ3n) is 5.41. The number of benzene rings is 1. The number of nitrogens with two attached hydrogens (primary N) is 1. The highest BCUT2D eigenvalue weighted by Gasteiger charge is 2.23. The van der Waals surface area contributed by atoms with Crippen LogP contribution in [0.3, 0.4) is 0 Å². The zero-order valence-electron chi connectivity index (χ0n) is 18.6. The summed E-state index contributed by atoms with van der Waals surface area (Å²) in [4.78, 5) is 26.6. The van der Waals surface area contributed by atoms with E-state index in [4.69, 9.17) is 28.9 Å². The molecule has 4 heterocycles. The van der Waals surface area contributed by atoms with E-state index in [1.54, 1.807) is 55.3 Å². The molecule has 0 bridgehead atoms. The van der Waals surface area contributed by atoms with Crippen molar-refractivity contribution in [1.82, 2.24) is 40.2 Å². The second kappa shape index (κ2) is 8.97. The molecule has 4 aromatic heterocycles. The maximum absolute atomic E-state index is 13.2. The van der Waals surface area contributed by atoms with Crippen LogP contribution in [0.1, 0.15) is 29.1 Å². The molecule has 176 valence electrons. The van der Waals surface area contributed by atoms with Gasteiger partial charge in [-0.1, -0.05) is 23.2 Å². The number of aromatic amines is 1. The van der Waals surface area contributed by atoms with Gasteiger partial charge < -0.3 is 11.1 Å². The van der Waals surface area contributed by atoms with Gasteiger partial charge in [-0.3, -0.25) is 19.6 Å². The summed E-state index contributed by atoms with van der Waals surface area (Å²) in [6.07, 6.45) is 4.96. The Labute approximate surface area is 209 Å². The summed E-state index contributed by atoms with van der Waals surface area (Å²) in [7, 11) is 1.79. The summed E-state index contributed by atoms with van der Waals surface area (Å²) in [5, 5.41) is 16.0. The third-order valence-corrected chi connectivity index (χ3v) is 5.93. The number of nitrogens with zero attached hydrogens (tertiary/aromatic N) is 6. The van der Waals surface area contributed by atoms with E-state index in [2.05, 4.69) is 35.6 Å². The quantitative estimate of drug-likeness (QED) is 0.323. The van der Waals surface area contributed by atoms with E-state index in [1.807, 2.05) is 6.07 Å². The van der Waals surface area contributed by atoms with Gasteiger partial charge in [0, 0.05) is 30.4 Å². The Bertz CT molecular complexity index is 1560. The fourth-order valence-corrected chi connectivity index (χ4v) is 4.05. The number of aromatic nitrogens is 7. The maximum atomic E-state index is 13.2. The number of nitrogens with one attached hydrogen (secondary N) is 2. The summed E-state index contributed by atoms with van der Waals surface area (Å²) in [6.45, 7) is 1.80. The molecule has 0 spiro atoms. The lowest BCUT2D eigenvalue weighted by Crippen LogP contribution is -2.29. The van der Waals surface area contributed by atoms with Crippen molar-refractivity contribution in [2.24, 2.45) is 7.05 Å². The molecule has 1 amide bonds. The molecular weight excluding hydrogens is 489 g/mol. The monoisotopic (exact) mass is 507 g/mol. The molecule has 4 N–H and O–H groups in total. The highest BCUT2D eigenvalue weighted by molar-refractivity contribution is 6.35. The van der Waals surface area contributed by atoms with E-state index in [0.717, 1.165) is 5.39 Å². The van der Waals surface area contributed by atoms with E-state index < -0.39 is 11.9 Å². The number of nitrogen functional groups attached to an aromatic ring is 1. The Morgan fingerprint density at radius 2 is 1.97 bits per heavy atom. The number of rotatable bonds is 5. The number of halogens is 2. The van der Waals surface area contributed by atoms with Crippen LogP contribution in [0, 0.1) is 0 Å². The number of carbonyl (C=O) groups excluding carboxylic acids is 1. The van der Waals surface area contributed by atoms with Gasteiger partial charge in [0.05, 0.1) is 39.2 Å². The van der Waals surface area contributed by atoms with Crippen LogP contribution in [0.15, 0.2) is 48.9 Å². The lowest BCUT2D eigenvalue weighted by Gasteiger charge is -2.15. The van der Waals surface area contributed by atoms with Crippen LogP contribution in [0.5, 0.6) is 0 Å². The SMILES string of the molecule is C[C@@H](NC(=O)c1nc(-c2cc(Cl)c3[nH]ncc3c2)c(-c2ccn(C)n2)nc1N)c1ccc(Cl)cn1. The molecule has 5 aromatic rings. The minimum absolute atomic E-state index is 0.0242. The molecule has 0 radical (unpaired) electrons. The predicted octanol–water partition coefficient (Wildman–Crippen LogP) is 4.20. The van der Waals surface area contributed by atoms with E-state index >= 15 is 0 Å². The standard InChI is InChI=1S/C23H19Cl2N9O/c1-11(16-4-3-14(24)10-27-16)29-23(35)21-22(26)31-20(17-5-6-34(2)33-17)19(30-21)12-7-13-9-28-32-18(13)15(25)8-12/h3-11H,1-2H3,(H2,26,31)(H,28,32)(H,29,35)/t11-/m1/s1. The first-order chi connectivity index (χ1) is 16.8. The van der Waals surface area contributed by atoms with E-state index in [1.165, 1.54) is 6.20 Å². The van der Waals surface area contributed by atoms with Gasteiger partial charge in [-0.15, -0.1) is 0 Å². The Morgan fingerprint density at radius 1 is 1.14 bits per heavy atom. The first kappa shape index (κ1) is 22.8. The molecule has 10 nitrogen and oxygen atoms in total. The molecule has 0 saturated heterocycles. The lowest BCUT2D eigenvalue weighted by molar-refractivity contribution is 0.0935. The van der Waals surface area contributed by atoms with Gasteiger partial charge in [-0.05, 0) is 37.3 Å². The van der Waals surface area contributed by atoms with Gasteiger partial charge in [0.25, 0.3) is 5.91 Å². The summed E-state index contributed by atoms with van der Waals surface area (Å²) in [5.74, 6) is -0.526. The molecule has 12 heteroatoms. The summed E-state index contributed by atoms with van der Waals surface area (Å²) < 4.78 is 1.64. The van der Waals surface area contributed by atoms with Crippen molar-refractivity contribution in [2.75, 3.05) is 5.73 Å². The minimum atomic E-state index is -0.497. The number of carbonyl (C=O) groups is 1. The van der Waals surface area contributed by atoms with Crippen molar-refractivity contribution in [1.29, 1.82) is 0 Å². The van der Waals surface area contributed by atoms with Crippen LogP contribution >= 0.6 is 23.2 Å².